The summed E-state index contributed by atoms with van der Waals surface area (Å²) in [6.07, 6.45) is 2.38. The molecule has 1 atom stereocenters. The van der Waals surface area contributed by atoms with Crippen molar-refractivity contribution in [3.63, 3.8) is 0 Å². The van der Waals surface area contributed by atoms with E-state index < -0.39 is 0 Å². The summed E-state index contributed by atoms with van der Waals surface area (Å²) in [6.45, 7) is 4.88. The number of hydrogen-bond donors (Lipinski definition) is 1. The van der Waals surface area contributed by atoms with Gasteiger partial charge >= 0.3 is 0 Å². The summed E-state index contributed by atoms with van der Waals surface area (Å²) < 4.78 is 0. The Labute approximate surface area is 113 Å². The summed E-state index contributed by atoms with van der Waals surface area (Å²) in [5.41, 5.74) is 1.91. The van der Waals surface area contributed by atoms with Crippen LogP contribution in [0.2, 0.25) is 0 Å². The predicted octanol–water partition coefficient (Wildman–Crippen LogP) is 2.34. The third-order valence-corrected chi connectivity index (χ3v) is 3.73. The second-order valence-corrected chi connectivity index (χ2v) is 5.29. The molecule has 1 fully saturated rings. The zero-order valence-corrected chi connectivity index (χ0v) is 11.6. The first-order chi connectivity index (χ1) is 9.09. The van der Waals surface area contributed by atoms with Gasteiger partial charge in [-0.15, -0.1) is 0 Å². The van der Waals surface area contributed by atoms with Crippen molar-refractivity contribution in [1.82, 2.24) is 5.32 Å². The van der Waals surface area contributed by atoms with E-state index in [0.29, 0.717) is 5.92 Å². The van der Waals surface area contributed by atoms with Crippen molar-refractivity contribution in [2.24, 2.45) is 5.92 Å². The van der Waals surface area contributed by atoms with Gasteiger partial charge < -0.3 is 10.2 Å². The lowest BCUT2D eigenvalue weighted by molar-refractivity contribution is -0.384. The molecular formula is C14H21N3O2. The molecule has 1 aliphatic rings. The lowest BCUT2D eigenvalue weighted by Gasteiger charge is -2.29. The number of para-hydroxylation sites is 1. The van der Waals surface area contributed by atoms with Crippen molar-refractivity contribution >= 4 is 11.4 Å². The van der Waals surface area contributed by atoms with E-state index in [0.717, 1.165) is 30.9 Å². The van der Waals surface area contributed by atoms with Crippen LogP contribution in [0.5, 0.6) is 0 Å². The molecule has 1 N–H and O–H groups in total. The van der Waals surface area contributed by atoms with Gasteiger partial charge in [0.25, 0.3) is 5.69 Å². The molecule has 0 saturated carbocycles. The van der Waals surface area contributed by atoms with Crippen LogP contribution in [0.4, 0.5) is 11.4 Å². The molecule has 1 unspecified atom stereocenters. The number of nitro groups is 1. The van der Waals surface area contributed by atoms with Crippen LogP contribution in [0, 0.1) is 23.0 Å². The topological polar surface area (TPSA) is 58.4 Å². The molecule has 19 heavy (non-hydrogen) atoms. The fraction of sp³-hybridized carbons (Fsp3) is 0.571. The number of nitrogens with one attached hydrogen (secondary N) is 1. The molecule has 5 nitrogen and oxygen atoms in total. The third-order valence-electron chi connectivity index (χ3n) is 3.73. The van der Waals surface area contributed by atoms with E-state index in [1.54, 1.807) is 12.1 Å². The van der Waals surface area contributed by atoms with Gasteiger partial charge in [0, 0.05) is 19.7 Å². The number of piperidine rings is 1. The highest BCUT2D eigenvalue weighted by Crippen LogP contribution is 2.31. The van der Waals surface area contributed by atoms with Crippen LogP contribution in [0.25, 0.3) is 0 Å². The van der Waals surface area contributed by atoms with E-state index in [9.17, 15) is 10.1 Å². The first-order valence-corrected chi connectivity index (χ1v) is 6.75. The van der Waals surface area contributed by atoms with E-state index in [1.165, 1.54) is 12.8 Å². The first kappa shape index (κ1) is 13.8. The molecule has 1 aromatic carbocycles. The SMILES string of the molecule is Cc1cccc([N+](=O)[O-])c1N(C)CC1CCCNC1. The Kier molecular flexibility index (Phi) is 4.37. The molecule has 1 saturated heterocycles. The van der Waals surface area contributed by atoms with Crippen LogP contribution in [0.1, 0.15) is 18.4 Å². The maximum atomic E-state index is 11.1. The van der Waals surface area contributed by atoms with Crippen LogP contribution in [0.3, 0.4) is 0 Å². The zero-order valence-electron chi connectivity index (χ0n) is 11.6. The summed E-state index contributed by atoms with van der Waals surface area (Å²) in [4.78, 5) is 12.9. The molecule has 0 aliphatic carbocycles. The molecule has 1 heterocycles. The number of aryl methyl sites for hydroxylation is 1. The lowest BCUT2D eigenvalue weighted by atomic mass is 9.98. The second-order valence-electron chi connectivity index (χ2n) is 5.29. The average molecular weight is 263 g/mol. The van der Waals surface area contributed by atoms with Crippen LogP contribution < -0.4 is 10.2 Å². The van der Waals surface area contributed by atoms with E-state index in [4.69, 9.17) is 0 Å². The maximum Gasteiger partial charge on any atom is 0.292 e. The molecule has 0 spiro atoms. The van der Waals surface area contributed by atoms with Gasteiger partial charge in [0.1, 0.15) is 5.69 Å². The molecule has 104 valence electrons. The Balaban J connectivity index is 2.17. The summed E-state index contributed by atoms with van der Waals surface area (Å²) in [7, 11) is 1.95. The first-order valence-electron chi connectivity index (χ1n) is 6.75. The standard InChI is InChI=1S/C14H21N3O2/c1-11-5-3-7-13(17(18)19)14(11)16(2)10-12-6-4-8-15-9-12/h3,5,7,12,15H,4,6,8-10H2,1-2H3. The fourth-order valence-electron chi connectivity index (χ4n) is 2.85. The maximum absolute atomic E-state index is 11.1. The summed E-state index contributed by atoms with van der Waals surface area (Å²) in [6, 6.07) is 5.25. The summed E-state index contributed by atoms with van der Waals surface area (Å²) in [5.74, 6) is 0.568. The minimum atomic E-state index is -0.294. The van der Waals surface area contributed by atoms with E-state index in [1.807, 2.05) is 24.9 Å². The Morgan fingerprint density at radius 3 is 2.95 bits per heavy atom. The predicted molar refractivity (Wildman–Crippen MR) is 76.7 cm³/mol. The fourth-order valence-corrected chi connectivity index (χ4v) is 2.85. The third kappa shape index (κ3) is 3.23. The highest BCUT2D eigenvalue weighted by molar-refractivity contribution is 5.67. The van der Waals surface area contributed by atoms with Gasteiger partial charge in [-0.1, -0.05) is 12.1 Å². The van der Waals surface area contributed by atoms with Gasteiger partial charge in [0.05, 0.1) is 4.92 Å². The van der Waals surface area contributed by atoms with Crippen LogP contribution in [-0.2, 0) is 0 Å². The Bertz CT molecular complexity index is 456. The molecule has 5 heteroatoms. The second kappa shape index (κ2) is 6.02. The molecule has 0 radical (unpaired) electrons. The average Bonchev–Trinajstić information content (AvgIpc) is 2.39. The van der Waals surface area contributed by atoms with Gasteiger partial charge in [-0.3, -0.25) is 10.1 Å². The van der Waals surface area contributed by atoms with Gasteiger partial charge in [-0.2, -0.15) is 0 Å². The highest BCUT2D eigenvalue weighted by Gasteiger charge is 2.22. The molecule has 0 aromatic heterocycles. The molecule has 1 aromatic rings. The number of nitrogens with zero attached hydrogens (tertiary/aromatic N) is 2. The van der Waals surface area contributed by atoms with Crippen LogP contribution in [-0.4, -0.2) is 31.6 Å². The summed E-state index contributed by atoms with van der Waals surface area (Å²) in [5, 5.41) is 14.5. The van der Waals surface area contributed by atoms with Crippen molar-refractivity contribution in [3.05, 3.63) is 33.9 Å². The molecule has 1 aliphatic heterocycles. The number of anilines is 1. The monoisotopic (exact) mass is 263 g/mol. The molecule has 0 bridgehead atoms. The summed E-state index contributed by atoms with van der Waals surface area (Å²) >= 11 is 0. The van der Waals surface area contributed by atoms with Crippen molar-refractivity contribution < 1.29 is 4.92 Å². The smallest absolute Gasteiger partial charge is 0.292 e. The Morgan fingerprint density at radius 1 is 1.53 bits per heavy atom. The largest absolute Gasteiger partial charge is 0.369 e. The quantitative estimate of drug-likeness (QED) is 0.669. The van der Waals surface area contributed by atoms with E-state index in [2.05, 4.69) is 5.32 Å². The van der Waals surface area contributed by atoms with E-state index in [-0.39, 0.29) is 10.6 Å². The molecule has 2 rings (SSSR count). The minimum Gasteiger partial charge on any atom is -0.369 e. The molecule has 0 amide bonds. The van der Waals surface area contributed by atoms with Crippen LogP contribution >= 0.6 is 0 Å². The van der Waals surface area contributed by atoms with Crippen molar-refractivity contribution in [3.8, 4) is 0 Å². The van der Waals surface area contributed by atoms with E-state index >= 15 is 0 Å². The minimum absolute atomic E-state index is 0.200. The van der Waals surface area contributed by atoms with Gasteiger partial charge in [-0.25, -0.2) is 0 Å². The Hall–Kier alpha value is -1.62. The number of benzene rings is 1. The van der Waals surface area contributed by atoms with Gasteiger partial charge in [0.2, 0.25) is 0 Å². The highest BCUT2D eigenvalue weighted by atomic mass is 16.6. The number of hydrogen-bond acceptors (Lipinski definition) is 4. The van der Waals surface area contributed by atoms with Gasteiger partial charge in [0.15, 0.2) is 0 Å². The lowest BCUT2D eigenvalue weighted by Crippen LogP contribution is -2.37. The van der Waals surface area contributed by atoms with Crippen molar-refractivity contribution in [2.75, 3.05) is 31.6 Å². The normalized spacial score (nSPS) is 19.2. The molecular weight excluding hydrogens is 242 g/mol. The van der Waals surface area contributed by atoms with Crippen molar-refractivity contribution in [2.45, 2.75) is 19.8 Å². The van der Waals surface area contributed by atoms with Crippen LogP contribution in [0.15, 0.2) is 18.2 Å². The van der Waals surface area contributed by atoms with Gasteiger partial charge in [-0.05, 0) is 44.3 Å². The number of rotatable bonds is 4. The number of nitro benzene ring substituents is 1. The zero-order chi connectivity index (χ0) is 13.8. The Morgan fingerprint density at radius 2 is 2.32 bits per heavy atom. The van der Waals surface area contributed by atoms with Crippen molar-refractivity contribution in [1.29, 1.82) is 0 Å².